The predicted molar refractivity (Wildman–Crippen MR) is 76.5 cm³/mol. The number of benzene rings is 1. The molecule has 0 saturated heterocycles. The lowest BCUT2D eigenvalue weighted by Gasteiger charge is -2.15. The highest BCUT2D eigenvalue weighted by Gasteiger charge is 2.08. The highest BCUT2D eigenvalue weighted by atomic mass is 16.5. The Hall–Kier alpha value is -2.10. The van der Waals surface area contributed by atoms with Gasteiger partial charge in [0, 0.05) is 11.8 Å². The Balaban J connectivity index is 2.16. The molecule has 1 atom stereocenters. The van der Waals surface area contributed by atoms with Crippen molar-refractivity contribution in [2.45, 2.75) is 26.8 Å². The van der Waals surface area contributed by atoms with E-state index in [1.54, 1.807) is 7.11 Å². The van der Waals surface area contributed by atoms with Crippen molar-refractivity contribution in [1.29, 1.82) is 0 Å². The van der Waals surface area contributed by atoms with Crippen molar-refractivity contribution < 1.29 is 4.74 Å². The van der Waals surface area contributed by atoms with Gasteiger partial charge in [-0.15, -0.1) is 0 Å². The summed E-state index contributed by atoms with van der Waals surface area (Å²) in [6, 6.07) is 10.4. The minimum Gasteiger partial charge on any atom is -0.481 e. The van der Waals surface area contributed by atoms with Gasteiger partial charge in [0.15, 0.2) is 0 Å². The fraction of sp³-hybridized carbons (Fsp3) is 0.333. The van der Waals surface area contributed by atoms with Crippen molar-refractivity contribution in [3.05, 3.63) is 47.2 Å². The molecule has 4 nitrogen and oxygen atoms in total. The lowest BCUT2D eigenvalue weighted by molar-refractivity contribution is 0.397. The van der Waals surface area contributed by atoms with E-state index in [9.17, 15) is 0 Å². The van der Waals surface area contributed by atoms with Crippen LogP contribution in [0.2, 0.25) is 0 Å². The second kappa shape index (κ2) is 5.69. The van der Waals surface area contributed by atoms with Gasteiger partial charge in [0.2, 0.25) is 11.8 Å². The summed E-state index contributed by atoms with van der Waals surface area (Å²) in [4.78, 5) is 8.65. The first-order valence-electron chi connectivity index (χ1n) is 6.31. The van der Waals surface area contributed by atoms with Gasteiger partial charge in [0.05, 0.1) is 13.2 Å². The Morgan fingerprint density at radius 1 is 1.11 bits per heavy atom. The number of rotatable bonds is 4. The topological polar surface area (TPSA) is 47.0 Å². The van der Waals surface area contributed by atoms with Crippen molar-refractivity contribution in [1.82, 2.24) is 9.97 Å². The highest BCUT2D eigenvalue weighted by Crippen LogP contribution is 2.19. The molecule has 1 aromatic heterocycles. The van der Waals surface area contributed by atoms with Crippen molar-refractivity contribution in [2.24, 2.45) is 0 Å². The fourth-order valence-corrected chi connectivity index (χ4v) is 1.84. The van der Waals surface area contributed by atoms with Gasteiger partial charge in [-0.25, -0.2) is 4.98 Å². The quantitative estimate of drug-likeness (QED) is 0.913. The van der Waals surface area contributed by atoms with E-state index >= 15 is 0 Å². The molecule has 0 spiro atoms. The zero-order chi connectivity index (χ0) is 13.8. The molecule has 0 aliphatic carbocycles. The summed E-state index contributed by atoms with van der Waals surface area (Å²) in [6.45, 7) is 6.09. The molecule has 100 valence electrons. The van der Waals surface area contributed by atoms with Crippen LogP contribution in [-0.4, -0.2) is 17.1 Å². The monoisotopic (exact) mass is 257 g/mol. The summed E-state index contributed by atoms with van der Waals surface area (Å²) < 4.78 is 5.15. The third-order valence-corrected chi connectivity index (χ3v) is 2.96. The van der Waals surface area contributed by atoms with Crippen LogP contribution in [0.5, 0.6) is 5.88 Å². The van der Waals surface area contributed by atoms with E-state index in [4.69, 9.17) is 4.74 Å². The van der Waals surface area contributed by atoms with Crippen LogP contribution in [0.3, 0.4) is 0 Å². The molecule has 0 bridgehead atoms. The summed E-state index contributed by atoms with van der Waals surface area (Å²) in [5.41, 5.74) is 3.34. The minimum absolute atomic E-state index is 0.145. The van der Waals surface area contributed by atoms with E-state index in [2.05, 4.69) is 53.4 Å². The van der Waals surface area contributed by atoms with Crippen LogP contribution >= 0.6 is 0 Å². The van der Waals surface area contributed by atoms with Gasteiger partial charge in [-0.3, -0.25) is 0 Å². The molecule has 0 amide bonds. The second-order valence-corrected chi connectivity index (χ2v) is 4.65. The van der Waals surface area contributed by atoms with Crippen LogP contribution in [0.1, 0.15) is 29.8 Å². The molecular formula is C15H19N3O. The van der Waals surface area contributed by atoms with Gasteiger partial charge in [0.25, 0.3) is 0 Å². The number of aryl methyl sites for hydroxylation is 2. The predicted octanol–water partition coefficient (Wildman–Crippen LogP) is 3.28. The Kier molecular flexibility index (Phi) is 4.00. The minimum atomic E-state index is 0.145. The van der Waals surface area contributed by atoms with Crippen molar-refractivity contribution in [2.75, 3.05) is 12.4 Å². The number of hydrogen-bond acceptors (Lipinski definition) is 4. The summed E-state index contributed by atoms with van der Waals surface area (Å²) in [6.07, 6.45) is 0. The average Bonchev–Trinajstić information content (AvgIpc) is 2.38. The average molecular weight is 257 g/mol. The van der Waals surface area contributed by atoms with E-state index in [1.807, 2.05) is 13.0 Å². The highest BCUT2D eigenvalue weighted by molar-refractivity contribution is 5.35. The molecule has 1 heterocycles. The molecule has 0 aliphatic rings. The number of methoxy groups -OCH3 is 1. The molecule has 0 fully saturated rings. The van der Waals surface area contributed by atoms with Gasteiger partial charge in [-0.1, -0.05) is 29.8 Å². The summed E-state index contributed by atoms with van der Waals surface area (Å²) in [5, 5.41) is 3.29. The first-order valence-corrected chi connectivity index (χ1v) is 6.31. The number of ether oxygens (including phenoxy) is 1. The zero-order valence-electron chi connectivity index (χ0n) is 11.8. The van der Waals surface area contributed by atoms with Crippen LogP contribution in [0, 0.1) is 13.8 Å². The van der Waals surface area contributed by atoms with Crippen molar-refractivity contribution >= 4 is 5.95 Å². The van der Waals surface area contributed by atoms with Crippen LogP contribution < -0.4 is 10.1 Å². The van der Waals surface area contributed by atoms with E-state index in [1.165, 1.54) is 11.1 Å². The molecule has 4 heteroatoms. The van der Waals surface area contributed by atoms with Crippen LogP contribution in [0.25, 0.3) is 0 Å². The molecule has 0 aliphatic heterocycles. The molecule has 1 N–H and O–H groups in total. The SMILES string of the molecule is COc1cc(C)nc(NC(C)c2ccc(C)cc2)n1. The molecule has 1 unspecified atom stereocenters. The summed E-state index contributed by atoms with van der Waals surface area (Å²) in [7, 11) is 1.61. The molecular weight excluding hydrogens is 238 g/mol. The number of aromatic nitrogens is 2. The number of hydrogen-bond donors (Lipinski definition) is 1. The van der Waals surface area contributed by atoms with Crippen molar-refractivity contribution in [3.63, 3.8) is 0 Å². The molecule has 2 aromatic rings. The third-order valence-electron chi connectivity index (χ3n) is 2.96. The smallest absolute Gasteiger partial charge is 0.226 e. The van der Waals surface area contributed by atoms with Crippen LogP contribution in [-0.2, 0) is 0 Å². The maximum Gasteiger partial charge on any atom is 0.226 e. The van der Waals surface area contributed by atoms with Crippen LogP contribution in [0.15, 0.2) is 30.3 Å². The van der Waals surface area contributed by atoms with E-state index in [0.717, 1.165) is 5.69 Å². The van der Waals surface area contributed by atoms with E-state index < -0.39 is 0 Å². The van der Waals surface area contributed by atoms with Gasteiger partial charge in [-0.05, 0) is 26.3 Å². The van der Waals surface area contributed by atoms with Gasteiger partial charge >= 0.3 is 0 Å². The molecule has 0 radical (unpaired) electrons. The largest absolute Gasteiger partial charge is 0.481 e. The second-order valence-electron chi connectivity index (χ2n) is 4.65. The Morgan fingerprint density at radius 3 is 2.42 bits per heavy atom. The maximum atomic E-state index is 5.15. The number of nitrogens with one attached hydrogen (secondary N) is 1. The zero-order valence-corrected chi connectivity index (χ0v) is 11.8. The first-order chi connectivity index (χ1) is 9.08. The fourth-order valence-electron chi connectivity index (χ4n) is 1.84. The van der Waals surface area contributed by atoms with Gasteiger partial charge in [-0.2, -0.15) is 4.98 Å². The standard InChI is InChI=1S/C15H19N3O/c1-10-5-7-13(8-6-10)12(3)17-15-16-11(2)9-14(18-15)19-4/h5-9,12H,1-4H3,(H,16,17,18). The molecule has 2 rings (SSSR count). The van der Waals surface area contributed by atoms with E-state index in [-0.39, 0.29) is 6.04 Å². The summed E-state index contributed by atoms with van der Waals surface area (Å²) >= 11 is 0. The van der Waals surface area contributed by atoms with Gasteiger partial charge in [0.1, 0.15) is 0 Å². The molecule has 19 heavy (non-hydrogen) atoms. The van der Waals surface area contributed by atoms with Crippen molar-refractivity contribution in [3.8, 4) is 5.88 Å². The summed E-state index contributed by atoms with van der Waals surface area (Å²) in [5.74, 6) is 1.16. The lowest BCUT2D eigenvalue weighted by Crippen LogP contribution is -2.10. The molecule has 1 aromatic carbocycles. The normalized spacial score (nSPS) is 12.0. The molecule has 0 saturated carbocycles. The Labute approximate surface area is 113 Å². The van der Waals surface area contributed by atoms with Gasteiger partial charge < -0.3 is 10.1 Å². The Bertz CT molecular complexity index is 552. The van der Waals surface area contributed by atoms with E-state index in [0.29, 0.717) is 11.8 Å². The lowest BCUT2D eigenvalue weighted by atomic mass is 10.1. The maximum absolute atomic E-state index is 5.15. The Morgan fingerprint density at radius 2 is 1.79 bits per heavy atom. The third kappa shape index (κ3) is 3.44. The number of nitrogens with zero attached hydrogens (tertiary/aromatic N) is 2. The number of anilines is 1. The first kappa shape index (κ1) is 13.3. The van der Waals surface area contributed by atoms with Crippen LogP contribution in [0.4, 0.5) is 5.95 Å².